The van der Waals surface area contributed by atoms with Crippen molar-refractivity contribution < 1.29 is 4.74 Å². The topological polar surface area (TPSA) is 48.3 Å². The van der Waals surface area contributed by atoms with Gasteiger partial charge in [0.05, 0.1) is 18.7 Å². The number of rotatable bonds is 6. The van der Waals surface area contributed by atoms with Crippen LogP contribution in [0.2, 0.25) is 0 Å². The third-order valence-electron chi connectivity index (χ3n) is 4.55. The van der Waals surface area contributed by atoms with Gasteiger partial charge in [0.25, 0.3) is 0 Å². The number of nitriles is 1. The van der Waals surface area contributed by atoms with Crippen molar-refractivity contribution in [1.82, 2.24) is 5.32 Å². The van der Waals surface area contributed by atoms with Gasteiger partial charge in [-0.05, 0) is 42.2 Å². The second-order valence-corrected chi connectivity index (χ2v) is 6.24. The third-order valence-corrected chi connectivity index (χ3v) is 4.55. The molecule has 1 fully saturated rings. The minimum Gasteiger partial charge on any atom is -0.497 e. The van der Waals surface area contributed by atoms with Crippen molar-refractivity contribution in [3.05, 3.63) is 59.7 Å². The van der Waals surface area contributed by atoms with Gasteiger partial charge in [0.15, 0.2) is 0 Å². The zero-order chi connectivity index (χ0) is 16.8. The molecule has 124 valence electrons. The molecule has 1 aliphatic rings. The summed E-state index contributed by atoms with van der Waals surface area (Å²) in [6.45, 7) is 4.03. The van der Waals surface area contributed by atoms with Crippen molar-refractivity contribution in [2.75, 3.05) is 31.6 Å². The standard InChI is InChI=1S/C20H23N3O/c1-24-20-4-2-3-19(11-20)23-10-9-18(15-23)14-22-13-17-7-5-16(12-21)6-8-17/h2-8,11,18,22H,9-10,13-15H2,1H3/t18-/m1/s1. The van der Waals surface area contributed by atoms with Gasteiger partial charge in [-0.15, -0.1) is 0 Å². The lowest BCUT2D eigenvalue weighted by Gasteiger charge is -2.19. The van der Waals surface area contributed by atoms with Crippen LogP contribution in [0.1, 0.15) is 17.5 Å². The van der Waals surface area contributed by atoms with E-state index in [2.05, 4.69) is 28.4 Å². The first-order chi connectivity index (χ1) is 11.8. The molecule has 2 aromatic rings. The smallest absolute Gasteiger partial charge is 0.120 e. The summed E-state index contributed by atoms with van der Waals surface area (Å²) in [5.74, 6) is 1.57. The van der Waals surface area contributed by atoms with Crippen LogP contribution in [-0.4, -0.2) is 26.7 Å². The third kappa shape index (κ3) is 4.06. The molecule has 1 N–H and O–H groups in total. The predicted molar refractivity (Wildman–Crippen MR) is 96.2 cm³/mol. The SMILES string of the molecule is COc1cccc(N2CC[C@H](CNCc3ccc(C#N)cc3)C2)c1. The highest BCUT2D eigenvalue weighted by molar-refractivity contribution is 5.51. The summed E-state index contributed by atoms with van der Waals surface area (Å²) in [6.07, 6.45) is 1.21. The lowest BCUT2D eigenvalue weighted by molar-refractivity contribution is 0.415. The Bertz CT molecular complexity index is 706. The molecule has 0 amide bonds. The molecule has 0 aliphatic carbocycles. The molecule has 1 heterocycles. The number of hydrogen-bond donors (Lipinski definition) is 1. The van der Waals surface area contributed by atoms with E-state index in [9.17, 15) is 0 Å². The molecule has 2 aromatic carbocycles. The maximum absolute atomic E-state index is 8.82. The molecule has 0 saturated carbocycles. The first-order valence-electron chi connectivity index (χ1n) is 8.37. The Kier molecular flexibility index (Phi) is 5.35. The van der Waals surface area contributed by atoms with Gasteiger partial charge < -0.3 is 15.0 Å². The maximum atomic E-state index is 8.82. The average Bonchev–Trinajstić information content (AvgIpc) is 3.11. The van der Waals surface area contributed by atoms with Crippen LogP contribution in [0.15, 0.2) is 48.5 Å². The van der Waals surface area contributed by atoms with Crippen molar-refractivity contribution in [3.8, 4) is 11.8 Å². The fourth-order valence-electron chi connectivity index (χ4n) is 3.16. The maximum Gasteiger partial charge on any atom is 0.120 e. The Morgan fingerprint density at radius 3 is 2.83 bits per heavy atom. The Labute approximate surface area is 143 Å². The molecule has 4 nitrogen and oxygen atoms in total. The van der Waals surface area contributed by atoms with Gasteiger partial charge in [0.1, 0.15) is 5.75 Å². The quantitative estimate of drug-likeness (QED) is 0.888. The van der Waals surface area contributed by atoms with Crippen LogP contribution in [0, 0.1) is 17.2 Å². The van der Waals surface area contributed by atoms with Crippen LogP contribution in [0.25, 0.3) is 0 Å². The number of ether oxygens (including phenoxy) is 1. The fraction of sp³-hybridized carbons (Fsp3) is 0.350. The Morgan fingerprint density at radius 2 is 2.08 bits per heavy atom. The van der Waals surface area contributed by atoms with Crippen molar-refractivity contribution >= 4 is 5.69 Å². The Hall–Kier alpha value is -2.51. The van der Waals surface area contributed by atoms with Gasteiger partial charge >= 0.3 is 0 Å². The van der Waals surface area contributed by atoms with E-state index in [4.69, 9.17) is 10.00 Å². The molecular formula is C20H23N3O. The summed E-state index contributed by atoms with van der Waals surface area (Å²) < 4.78 is 5.31. The molecule has 1 saturated heterocycles. The van der Waals surface area contributed by atoms with Crippen LogP contribution in [0.3, 0.4) is 0 Å². The first-order valence-corrected chi connectivity index (χ1v) is 8.37. The number of methoxy groups -OCH3 is 1. The largest absolute Gasteiger partial charge is 0.497 e. The van der Waals surface area contributed by atoms with E-state index in [1.807, 2.05) is 36.4 Å². The molecule has 1 atom stereocenters. The summed E-state index contributed by atoms with van der Waals surface area (Å²) >= 11 is 0. The molecule has 0 spiro atoms. The molecule has 4 heteroatoms. The van der Waals surface area contributed by atoms with Crippen molar-refractivity contribution in [3.63, 3.8) is 0 Å². The second-order valence-electron chi connectivity index (χ2n) is 6.24. The Morgan fingerprint density at radius 1 is 1.25 bits per heavy atom. The Balaban J connectivity index is 1.46. The highest BCUT2D eigenvalue weighted by Gasteiger charge is 2.22. The second kappa shape index (κ2) is 7.85. The van der Waals surface area contributed by atoms with Crippen molar-refractivity contribution in [1.29, 1.82) is 5.26 Å². The van der Waals surface area contributed by atoms with E-state index in [0.29, 0.717) is 11.5 Å². The van der Waals surface area contributed by atoms with Gasteiger partial charge in [-0.3, -0.25) is 0 Å². The normalized spacial score (nSPS) is 16.8. The zero-order valence-corrected chi connectivity index (χ0v) is 14.0. The van der Waals surface area contributed by atoms with Gasteiger partial charge in [-0.1, -0.05) is 18.2 Å². The molecule has 0 unspecified atom stereocenters. The van der Waals surface area contributed by atoms with Crippen molar-refractivity contribution in [2.24, 2.45) is 5.92 Å². The monoisotopic (exact) mass is 321 g/mol. The number of benzene rings is 2. The molecular weight excluding hydrogens is 298 g/mol. The fourth-order valence-corrected chi connectivity index (χ4v) is 3.16. The highest BCUT2D eigenvalue weighted by atomic mass is 16.5. The number of nitrogens with one attached hydrogen (secondary N) is 1. The minimum atomic E-state index is 0.662. The molecule has 0 aromatic heterocycles. The van der Waals surface area contributed by atoms with Crippen molar-refractivity contribution in [2.45, 2.75) is 13.0 Å². The van der Waals surface area contributed by atoms with E-state index < -0.39 is 0 Å². The van der Waals surface area contributed by atoms with Gasteiger partial charge in [-0.25, -0.2) is 0 Å². The molecule has 24 heavy (non-hydrogen) atoms. The van der Waals surface area contributed by atoms with Crippen LogP contribution >= 0.6 is 0 Å². The summed E-state index contributed by atoms with van der Waals surface area (Å²) in [6, 6.07) is 18.2. The molecule has 1 aliphatic heterocycles. The highest BCUT2D eigenvalue weighted by Crippen LogP contribution is 2.26. The number of nitrogens with zero attached hydrogens (tertiary/aromatic N) is 2. The predicted octanol–water partition coefficient (Wildman–Crippen LogP) is 3.18. The average molecular weight is 321 g/mol. The minimum absolute atomic E-state index is 0.662. The summed E-state index contributed by atoms with van der Waals surface area (Å²) in [7, 11) is 1.71. The van der Waals surface area contributed by atoms with Gasteiger partial charge in [0.2, 0.25) is 0 Å². The lowest BCUT2D eigenvalue weighted by Crippen LogP contribution is -2.26. The van der Waals surface area contributed by atoms with E-state index in [0.717, 1.165) is 31.9 Å². The van der Waals surface area contributed by atoms with E-state index in [-0.39, 0.29) is 0 Å². The summed E-state index contributed by atoms with van der Waals surface area (Å²) in [5.41, 5.74) is 3.17. The van der Waals surface area contributed by atoms with E-state index >= 15 is 0 Å². The molecule has 0 bridgehead atoms. The summed E-state index contributed by atoms with van der Waals surface area (Å²) in [5, 5.41) is 12.4. The van der Waals surface area contributed by atoms with Gasteiger partial charge in [0, 0.05) is 37.9 Å². The molecule has 3 rings (SSSR count). The van der Waals surface area contributed by atoms with Crippen LogP contribution in [0.4, 0.5) is 5.69 Å². The van der Waals surface area contributed by atoms with Crippen LogP contribution in [0.5, 0.6) is 5.75 Å². The lowest BCUT2D eigenvalue weighted by atomic mass is 10.1. The summed E-state index contributed by atoms with van der Waals surface area (Å²) in [4.78, 5) is 2.43. The molecule has 0 radical (unpaired) electrons. The van der Waals surface area contributed by atoms with Gasteiger partial charge in [-0.2, -0.15) is 5.26 Å². The zero-order valence-electron chi connectivity index (χ0n) is 14.0. The number of hydrogen-bond acceptors (Lipinski definition) is 4. The van der Waals surface area contributed by atoms with Crippen LogP contribution < -0.4 is 15.0 Å². The first kappa shape index (κ1) is 16.4. The van der Waals surface area contributed by atoms with Crippen LogP contribution in [-0.2, 0) is 6.54 Å². The van der Waals surface area contributed by atoms with E-state index in [1.54, 1.807) is 7.11 Å². The van der Waals surface area contributed by atoms with E-state index in [1.165, 1.54) is 17.7 Å². The number of anilines is 1.